The van der Waals surface area contributed by atoms with Gasteiger partial charge in [0.15, 0.2) is 6.29 Å². The normalized spacial score (nSPS) is 40.9. The first kappa shape index (κ1) is 12.3. The first-order valence-corrected chi connectivity index (χ1v) is 6.59. The molecule has 2 saturated heterocycles. The average molecular weight is 228 g/mol. The third-order valence-electron chi connectivity index (χ3n) is 3.46. The molecule has 0 radical (unpaired) electrons. The summed E-state index contributed by atoms with van der Waals surface area (Å²) in [6.07, 6.45) is 5.00. The molecule has 0 saturated carbocycles. The van der Waals surface area contributed by atoms with Crippen LogP contribution >= 0.6 is 0 Å². The second kappa shape index (κ2) is 5.99. The summed E-state index contributed by atoms with van der Waals surface area (Å²) in [7, 11) is 0. The van der Waals surface area contributed by atoms with Gasteiger partial charge in [-0.05, 0) is 25.2 Å². The topological polar surface area (TPSA) is 27.7 Å². The highest BCUT2D eigenvalue weighted by Crippen LogP contribution is 2.23. The van der Waals surface area contributed by atoms with Crippen molar-refractivity contribution in [3.05, 3.63) is 0 Å². The summed E-state index contributed by atoms with van der Waals surface area (Å²) in [6.45, 7) is 7.02. The Hall–Kier alpha value is -0.120. The van der Waals surface area contributed by atoms with Crippen molar-refractivity contribution in [3.63, 3.8) is 0 Å². The largest absolute Gasteiger partial charge is 0.378 e. The standard InChI is InChI=1S/C13H24O3/c1-10-3-4-12(14-7-10)5-6-13-15-8-11(2)9-16-13/h10-13H,3-9H2,1-2H3. The molecular formula is C13H24O3. The molecule has 2 unspecified atom stereocenters. The van der Waals surface area contributed by atoms with Crippen molar-refractivity contribution < 1.29 is 14.2 Å². The molecule has 3 nitrogen and oxygen atoms in total. The third-order valence-corrected chi connectivity index (χ3v) is 3.46. The fourth-order valence-electron chi connectivity index (χ4n) is 2.29. The Kier molecular flexibility index (Phi) is 4.62. The van der Waals surface area contributed by atoms with Crippen LogP contribution in [0.4, 0.5) is 0 Å². The van der Waals surface area contributed by atoms with Crippen LogP contribution in [-0.2, 0) is 14.2 Å². The zero-order valence-corrected chi connectivity index (χ0v) is 10.5. The molecule has 0 bridgehead atoms. The van der Waals surface area contributed by atoms with Gasteiger partial charge in [0.05, 0.1) is 19.3 Å². The van der Waals surface area contributed by atoms with E-state index < -0.39 is 0 Å². The van der Waals surface area contributed by atoms with Crippen LogP contribution in [0.15, 0.2) is 0 Å². The van der Waals surface area contributed by atoms with Crippen LogP contribution in [0.25, 0.3) is 0 Å². The van der Waals surface area contributed by atoms with E-state index in [1.807, 2.05) is 0 Å². The van der Waals surface area contributed by atoms with E-state index >= 15 is 0 Å². The molecule has 3 heteroatoms. The molecule has 0 amide bonds. The van der Waals surface area contributed by atoms with Crippen molar-refractivity contribution in [2.45, 2.75) is 51.9 Å². The third kappa shape index (κ3) is 3.72. The van der Waals surface area contributed by atoms with Crippen molar-refractivity contribution >= 4 is 0 Å². The molecule has 0 spiro atoms. The van der Waals surface area contributed by atoms with Gasteiger partial charge in [-0.1, -0.05) is 13.8 Å². The smallest absolute Gasteiger partial charge is 0.157 e. The maximum absolute atomic E-state index is 5.79. The number of rotatable bonds is 3. The number of hydrogen-bond acceptors (Lipinski definition) is 3. The summed E-state index contributed by atoms with van der Waals surface area (Å²) >= 11 is 0. The Morgan fingerprint density at radius 3 is 2.12 bits per heavy atom. The molecule has 2 rings (SSSR count). The number of hydrogen-bond donors (Lipinski definition) is 0. The molecule has 0 aromatic carbocycles. The summed E-state index contributed by atoms with van der Waals surface area (Å²) in [6, 6.07) is 0. The van der Waals surface area contributed by atoms with Gasteiger partial charge in [0.1, 0.15) is 0 Å². The van der Waals surface area contributed by atoms with Crippen LogP contribution in [0.1, 0.15) is 39.5 Å². The molecule has 2 aliphatic heterocycles. The lowest BCUT2D eigenvalue weighted by Gasteiger charge is -2.30. The van der Waals surface area contributed by atoms with Gasteiger partial charge in [-0.25, -0.2) is 0 Å². The predicted molar refractivity (Wildman–Crippen MR) is 62.2 cm³/mol. The lowest BCUT2D eigenvalue weighted by Crippen LogP contribution is -2.32. The Labute approximate surface area is 98.4 Å². The first-order valence-electron chi connectivity index (χ1n) is 6.59. The summed E-state index contributed by atoms with van der Waals surface area (Å²) in [5, 5.41) is 0. The molecule has 2 fully saturated rings. The van der Waals surface area contributed by atoms with Gasteiger partial charge in [-0.3, -0.25) is 0 Å². The molecule has 16 heavy (non-hydrogen) atoms. The van der Waals surface area contributed by atoms with E-state index in [-0.39, 0.29) is 6.29 Å². The van der Waals surface area contributed by atoms with E-state index in [1.165, 1.54) is 12.8 Å². The van der Waals surface area contributed by atoms with Crippen LogP contribution in [0.3, 0.4) is 0 Å². The zero-order chi connectivity index (χ0) is 11.4. The van der Waals surface area contributed by atoms with Crippen molar-refractivity contribution in [1.29, 1.82) is 0 Å². The fraction of sp³-hybridized carbons (Fsp3) is 1.00. The quantitative estimate of drug-likeness (QED) is 0.743. The summed E-state index contributed by atoms with van der Waals surface area (Å²) in [5.41, 5.74) is 0. The summed E-state index contributed by atoms with van der Waals surface area (Å²) in [4.78, 5) is 0. The van der Waals surface area contributed by atoms with Crippen LogP contribution < -0.4 is 0 Å². The van der Waals surface area contributed by atoms with Crippen molar-refractivity contribution in [3.8, 4) is 0 Å². The van der Waals surface area contributed by atoms with Crippen LogP contribution in [-0.4, -0.2) is 32.2 Å². The van der Waals surface area contributed by atoms with E-state index in [0.717, 1.165) is 38.6 Å². The van der Waals surface area contributed by atoms with Gasteiger partial charge < -0.3 is 14.2 Å². The van der Waals surface area contributed by atoms with E-state index in [4.69, 9.17) is 14.2 Å². The first-order chi connectivity index (χ1) is 7.74. The highest BCUT2D eigenvalue weighted by Gasteiger charge is 2.23. The summed E-state index contributed by atoms with van der Waals surface area (Å²) in [5.74, 6) is 1.28. The highest BCUT2D eigenvalue weighted by atomic mass is 16.7. The van der Waals surface area contributed by atoms with Crippen molar-refractivity contribution in [2.24, 2.45) is 11.8 Å². The predicted octanol–water partition coefficient (Wildman–Crippen LogP) is 2.59. The zero-order valence-electron chi connectivity index (χ0n) is 10.5. The van der Waals surface area contributed by atoms with E-state index in [9.17, 15) is 0 Å². The van der Waals surface area contributed by atoms with Gasteiger partial charge in [-0.2, -0.15) is 0 Å². The minimum Gasteiger partial charge on any atom is -0.378 e. The highest BCUT2D eigenvalue weighted by molar-refractivity contribution is 4.69. The summed E-state index contributed by atoms with van der Waals surface area (Å²) < 4.78 is 17.0. The fourth-order valence-corrected chi connectivity index (χ4v) is 2.29. The van der Waals surface area contributed by atoms with Gasteiger partial charge >= 0.3 is 0 Å². The molecule has 0 aromatic rings. The Morgan fingerprint density at radius 1 is 0.812 bits per heavy atom. The van der Waals surface area contributed by atoms with Crippen LogP contribution in [0.5, 0.6) is 0 Å². The Morgan fingerprint density at radius 2 is 1.50 bits per heavy atom. The Balaban J connectivity index is 1.60. The lowest BCUT2D eigenvalue weighted by atomic mass is 9.98. The molecule has 0 aromatic heterocycles. The van der Waals surface area contributed by atoms with Gasteiger partial charge in [0.2, 0.25) is 0 Å². The van der Waals surface area contributed by atoms with E-state index in [1.54, 1.807) is 0 Å². The molecule has 94 valence electrons. The second-order valence-corrected chi connectivity index (χ2v) is 5.42. The molecule has 2 heterocycles. The van der Waals surface area contributed by atoms with E-state index in [0.29, 0.717) is 12.0 Å². The van der Waals surface area contributed by atoms with Gasteiger partial charge in [0, 0.05) is 18.9 Å². The molecular weight excluding hydrogens is 204 g/mol. The maximum Gasteiger partial charge on any atom is 0.157 e. The van der Waals surface area contributed by atoms with Gasteiger partial charge in [-0.15, -0.1) is 0 Å². The molecule has 0 aliphatic carbocycles. The molecule has 2 aliphatic rings. The molecule has 0 N–H and O–H groups in total. The van der Waals surface area contributed by atoms with Gasteiger partial charge in [0.25, 0.3) is 0 Å². The van der Waals surface area contributed by atoms with Crippen molar-refractivity contribution in [2.75, 3.05) is 19.8 Å². The lowest BCUT2D eigenvalue weighted by molar-refractivity contribution is -0.203. The second-order valence-electron chi connectivity index (χ2n) is 5.42. The van der Waals surface area contributed by atoms with Crippen molar-refractivity contribution in [1.82, 2.24) is 0 Å². The average Bonchev–Trinajstić information content (AvgIpc) is 2.30. The van der Waals surface area contributed by atoms with Crippen LogP contribution in [0, 0.1) is 11.8 Å². The van der Waals surface area contributed by atoms with E-state index in [2.05, 4.69) is 13.8 Å². The SMILES string of the molecule is CC1CCC(CCC2OCC(C)CO2)OC1. The minimum absolute atomic E-state index is 0.0131. The Bertz CT molecular complexity index is 169. The van der Waals surface area contributed by atoms with Crippen LogP contribution in [0.2, 0.25) is 0 Å². The monoisotopic (exact) mass is 228 g/mol. The maximum atomic E-state index is 5.79. The number of ether oxygens (including phenoxy) is 3. The minimum atomic E-state index is 0.0131. The molecule has 2 atom stereocenters.